The van der Waals surface area contributed by atoms with E-state index in [-0.39, 0.29) is 17.4 Å². The van der Waals surface area contributed by atoms with Gasteiger partial charge in [-0.15, -0.1) is 0 Å². The van der Waals surface area contributed by atoms with Crippen molar-refractivity contribution in [2.75, 3.05) is 25.4 Å². The Bertz CT molecular complexity index is 909. The molecule has 0 radical (unpaired) electrons. The second kappa shape index (κ2) is 8.87. The Hall–Kier alpha value is -2.19. The van der Waals surface area contributed by atoms with Crippen molar-refractivity contribution in [2.24, 2.45) is 5.92 Å². The first-order valence-electron chi connectivity index (χ1n) is 9.69. The molecule has 1 saturated heterocycles. The van der Waals surface area contributed by atoms with Crippen LogP contribution in [0.2, 0.25) is 0 Å². The van der Waals surface area contributed by atoms with Crippen molar-refractivity contribution in [3.63, 3.8) is 0 Å². The number of piperidine rings is 1. The molecule has 0 saturated carbocycles. The van der Waals surface area contributed by atoms with Crippen LogP contribution in [0, 0.1) is 5.92 Å². The Labute approximate surface area is 165 Å². The molecule has 3 rings (SSSR count). The first-order valence-corrected chi connectivity index (χ1v) is 11.3. The van der Waals surface area contributed by atoms with Gasteiger partial charge in [-0.05, 0) is 37.3 Å². The van der Waals surface area contributed by atoms with Crippen LogP contribution < -0.4 is 4.72 Å². The molecule has 2 aromatic rings. The zero-order valence-corrected chi connectivity index (χ0v) is 16.8. The third kappa shape index (κ3) is 4.99. The normalized spacial score (nSPS) is 15.8. The third-order valence-electron chi connectivity index (χ3n) is 5.10. The zero-order valence-electron chi connectivity index (χ0n) is 16.0. The number of para-hydroxylation sites is 1. The number of unbranched alkanes of at least 4 members (excludes halogenated alkanes) is 1. The van der Waals surface area contributed by atoms with Crippen molar-refractivity contribution in [3.05, 3.63) is 36.1 Å². The number of carbonyl (C=O) groups excluding carboxylic acids is 2. The maximum Gasteiger partial charge on any atom is 0.298 e. The summed E-state index contributed by atoms with van der Waals surface area (Å²) in [6.07, 6.45) is 2.80. The van der Waals surface area contributed by atoms with Crippen LogP contribution >= 0.6 is 0 Å². The van der Waals surface area contributed by atoms with Crippen molar-refractivity contribution in [1.29, 1.82) is 0 Å². The van der Waals surface area contributed by atoms with E-state index in [0.29, 0.717) is 44.5 Å². The number of hydrogen-bond donors (Lipinski definition) is 1. The topological polar surface area (TPSA) is 96.7 Å². The van der Waals surface area contributed by atoms with Crippen molar-refractivity contribution in [2.45, 2.75) is 32.6 Å². The summed E-state index contributed by atoms with van der Waals surface area (Å²) in [4.78, 5) is 26.5. The average molecular weight is 407 g/mol. The Morgan fingerprint density at radius 1 is 1.21 bits per heavy atom. The van der Waals surface area contributed by atoms with Crippen LogP contribution in [0.25, 0.3) is 11.0 Å². The van der Waals surface area contributed by atoms with Crippen molar-refractivity contribution in [1.82, 2.24) is 9.62 Å². The lowest BCUT2D eigenvalue weighted by Crippen LogP contribution is -2.44. The number of furan rings is 1. The smallest absolute Gasteiger partial charge is 0.298 e. The Morgan fingerprint density at radius 2 is 1.93 bits per heavy atom. The van der Waals surface area contributed by atoms with Crippen molar-refractivity contribution < 1.29 is 22.4 Å². The summed E-state index contributed by atoms with van der Waals surface area (Å²) in [7, 11) is -3.23. The SMILES string of the molecule is CCCCS(=O)(=O)NCC1CCN(C(=O)C(=O)c2cc3ccccc3o2)CC1. The van der Waals surface area contributed by atoms with E-state index >= 15 is 0 Å². The van der Waals surface area contributed by atoms with E-state index in [1.54, 1.807) is 12.1 Å². The van der Waals surface area contributed by atoms with Gasteiger partial charge in [0.15, 0.2) is 5.76 Å². The number of nitrogens with one attached hydrogen (secondary N) is 1. The number of hydrogen-bond acceptors (Lipinski definition) is 5. The van der Waals surface area contributed by atoms with Gasteiger partial charge in [0, 0.05) is 25.0 Å². The van der Waals surface area contributed by atoms with E-state index in [1.807, 2.05) is 25.1 Å². The quantitative estimate of drug-likeness (QED) is 0.537. The van der Waals surface area contributed by atoms with E-state index in [1.165, 1.54) is 4.90 Å². The second-order valence-corrected chi connectivity index (χ2v) is 9.16. The van der Waals surface area contributed by atoms with Crippen LogP contribution in [0.1, 0.15) is 43.2 Å². The number of nitrogens with zero attached hydrogens (tertiary/aromatic N) is 1. The number of ketones is 1. The molecular weight excluding hydrogens is 380 g/mol. The van der Waals surface area contributed by atoms with Crippen LogP contribution in [0.15, 0.2) is 34.7 Å². The van der Waals surface area contributed by atoms with E-state index < -0.39 is 21.7 Å². The summed E-state index contributed by atoms with van der Waals surface area (Å²) in [5.74, 6) is -0.845. The van der Waals surface area contributed by atoms with Gasteiger partial charge in [-0.2, -0.15) is 0 Å². The maximum atomic E-state index is 12.5. The summed E-state index contributed by atoms with van der Waals surface area (Å²) in [6, 6.07) is 8.82. The molecule has 0 unspecified atom stereocenters. The Morgan fingerprint density at radius 3 is 2.61 bits per heavy atom. The predicted molar refractivity (Wildman–Crippen MR) is 107 cm³/mol. The highest BCUT2D eigenvalue weighted by atomic mass is 32.2. The molecule has 8 heteroatoms. The molecule has 1 aliphatic heterocycles. The first-order chi connectivity index (χ1) is 13.4. The summed E-state index contributed by atoms with van der Waals surface area (Å²) in [5.41, 5.74) is 0.577. The number of sulfonamides is 1. The summed E-state index contributed by atoms with van der Waals surface area (Å²) in [5, 5.41) is 0.785. The lowest BCUT2D eigenvalue weighted by Gasteiger charge is -2.31. The van der Waals surface area contributed by atoms with Gasteiger partial charge < -0.3 is 9.32 Å². The van der Waals surface area contributed by atoms with Gasteiger partial charge in [-0.3, -0.25) is 9.59 Å². The molecule has 1 fully saturated rings. The van der Waals surface area contributed by atoms with E-state index in [9.17, 15) is 18.0 Å². The van der Waals surface area contributed by atoms with Crippen LogP contribution in [-0.4, -0.2) is 50.4 Å². The van der Waals surface area contributed by atoms with Gasteiger partial charge in [-0.25, -0.2) is 13.1 Å². The largest absolute Gasteiger partial charge is 0.452 e. The molecule has 0 atom stereocenters. The summed E-state index contributed by atoms with van der Waals surface area (Å²) in [6.45, 7) is 3.21. The minimum atomic E-state index is -3.23. The minimum Gasteiger partial charge on any atom is -0.452 e. The standard InChI is InChI=1S/C20H26N2O5S/c1-2-3-12-28(25,26)21-14-15-8-10-22(11-9-15)20(24)19(23)18-13-16-6-4-5-7-17(16)27-18/h4-7,13,15,21H,2-3,8-12,14H2,1H3. The summed E-state index contributed by atoms with van der Waals surface area (Å²) < 4.78 is 31.9. The lowest BCUT2D eigenvalue weighted by atomic mass is 9.97. The number of fused-ring (bicyclic) bond motifs is 1. The highest BCUT2D eigenvalue weighted by Gasteiger charge is 2.30. The van der Waals surface area contributed by atoms with Gasteiger partial charge in [0.05, 0.1) is 5.75 Å². The molecule has 0 aliphatic carbocycles. The Balaban J connectivity index is 1.51. The number of likely N-dealkylation sites (tertiary alicyclic amines) is 1. The van der Waals surface area contributed by atoms with Gasteiger partial charge in [0.2, 0.25) is 10.0 Å². The molecule has 0 bridgehead atoms. The molecule has 1 N–H and O–H groups in total. The zero-order chi connectivity index (χ0) is 20.1. The fourth-order valence-electron chi connectivity index (χ4n) is 3.33. The van der Waals surface area contributed by atoms with Gasteiger partial charge in [-0.1, -0.05) is 31.5 Å². The maximum absolute atomic E-state index is 12.5. The van der Waals surface area contributed by atoms with Crippen LogP contribution in [-0.2, 0) is 14.8 Å². The number of carbonyl (C=O) groups is 2. The predicted octanol–water partition coefficient (Wildman–Crippen LogP) is 2.57. The number of amides is 1. The third-order valence-corrected chi connectivity index (χ3v) is 6.54. The highest BCUT2D eigenvalue weighted by Crippen LogP contribution is 2.21. The van der Waals surface area contributed by atoms with Gasteiger partial charge in [0.1, 0.15) is 5.58 Å². The fraction of sp³-hybridized carbons (Fsp3) is 0.500. The van der Waals surface area contributed by atoms with Crippen molar-refractivity contribution >= 4 is 32.7 Å². The highest BCUT2D eigenvalue weighted by molar-refractivity contribution is 7.89. The van der Waals surface area contributed by atoms with Crippen molar-refractivity contribution in [3.8, 4) is 0 Å². The van der Waals surface area contributed by atoms with E-state index in [0.717, 1.165) is 11.8 Å². The molecule has 1 aromatic carbocycles. The summed E-state index contributed by atoms with van der Waals surface area (Å²) >= 11 is 0. The number of rotatable bonds is 8. The van der Waals surface area contributed by atoms with Crippen LogP contribution in [0.3, 0.4) is 0 Å². The molecule has 1 aliphatic rings. The van der Waals surface area contributed by atoms with Gasteiger partial charge in [0.25, 0.3) is 11.7 Å². The molecule has 0 spiro atoms. The van der Waals surface area contributed by atoms with Crippen LogP contribution in [0.5, 0.6) is 0 Å². The monoisotopic (exact) mass is 406 g/mol. The first kappa shape index (κ1) is 20.5. The second-order valence-electron chi connectivity index (χ2n) is 7.23. The molecule has 28 heavy (non-hydrogen) atoms. The number of Topliss-reactive ketones (excluding diaryl/α,β-unsaturated/α-hetero) is 1. The fourth-order valence-corrected chi connectivity index (χ4v) is 4.64. The average Bonchev–Trinajstić information content (AvgIpc) is 3.14. The lowest BCUT2D eigenvalue weighted by molar-refractivity contribution is -0.127. The minimum absolute atomic E-state index is 0.0528. The molecule has 2 heterocycles. The van der Waals surface area contributed by atoms with Gasteiger partial charge >= 0.3 is 0 Å². The van der Waals surface area contributed by atoms with E-state index in [4.69, 9.17) is 4.42 Å². The molecule has 1 aromatic heterocycles. The molecular formula is C20H26N2O5S. The van der Waals surface area contributed by atoms with Crippen LogP contribution in [0.4, 0.5) is 0 Å². The van der Waals surface area contributed by atoms with E-state index in [2.05, 4.69) is 4.72 Å². The molecule has 7 nitrogen and oxygen atoms in total. The molecule has 152 valence electrons. The Kier molecular flexibility index (Phi) is 6.51. The molecule has 1 amide bonds. The number of benzene rings is 1.